The van der Waals surface area contributed by atoms with Gasteiger partial charge in [0.15, 0.2) is 5.82 Å². The summed E-state index contributed by atoms with van der Waals surface area (Å²) in [5, 5.41) is 12.1. The predicted molar refractivity (Wildman–Crippen MR) is 69.2 cm³/mol. The summed E-state index contributed by atoms with van der Waals surface area (Å²) < 4.78 is 7.77. The van der Waals surface area contributed by atoms with E-state index in [0.717, 1.165) is 30.7 Å². The van der Waals surface area contributed by atoms with E-state index in [4.69, 9.17) is 10.5 Å². The van der Waals surface area contributed by atoms with Crippen LogP contribution in [0.25, 0.3) is 11.4 Å². The molecule has 6 nitrogen and oxygen atoms in total. The van der Waals surface area contributed by atoms with Crippen molar-refractivity contribution in [3.63, 3.8) is 0 Å². The maximum atomic E-state index is 6.02. The number of hydrogen-bond donors (Lipinski definition) is 1. The van der Waals surface area contributed by atoms with Crippen molar-refractivity contribution in [3.8, 4) is 11.4 Å². The second kappa shape index (κ2) is 4.03. The zero-order valence-electron chi connectivity index (χ0n) is 10.4. The maximum Gasteiger partial charge on any atom is 0.184 e. The zero-order valence-corrected chi connectivity index (χ0v) is 10.4. The Hall–Kier alpha value is -1.95. The van der Waals surface area contributed by atoms with Crippen LogP contribution < -0.4 is 5.73 Å². The first kappa shape index (κ1) is 10.9. The number of nitrogen functional groups attached to an aromatic ring is 1. The van der Waals surface area contributed by atoms with Crippen LogP contribution >= 0.6 is 0 Å². The summed E-state index contributed by atoms with van der Waals surface area (Å²) in [7, 11) is 0. The number of anilines is 1. The first-order valence-corrected chi connectivity index (χ1v) is 6.61. The summed E-state index contributed by atoms with van der Waals surface area (Å²) in [5.74, 6) is 0.735. The van der Waals surface area contributed by atoms with E-state index >= 15 is 0 Å². The van der Waals surface area contributed by atoms with Crippen molar-refractivity contribution in [1.82, 2.24) is 20.2 Å². The molecule has 1 aromatic carbocycles. The number of fused-ring (bicyclic) bond motifs is 2. The van der Waals surface area contributed by atoms with Gasteiger partial charge in [-0.1, -0.05) is 12.1 Å². The molecule has 2 aliphatic heterocycles. The molecule has 0 radical (unpaired) electrons. The third-order valence-corrected chi connectivity index (χ3v) is 4.08. The SMILES string of the molecule is Nc1ccccc1-c1nnnn1C1CC2CCC1O2. The molecule has 2 saturated heterocycles. The second-order valence-corrected chi connectivity index (χ2v) is 5.21. The highest BCUT2D eigenvalue weighted by Gasteiger charge is 2.43. The number of tetrazole rings is 1. The summed E-state index contributed by atoms with van der Waals surface area (Å²) in [5.41, 5.74) is 7.60. The monoisotopic (exact) mass is 257 g/mol. The Morgan fingerprint density at radius 3 is 2.89 bits per heavy atom. The molecule has 1 aromatic heterocycles. The Balaban J connectivity index is 1.76. The van der Waals surface area contributed by atoms with Gasteiger partial charge in [0.1, 0.15) is 0 Å². The molecule has 2 bridgehead atoms. The van der Waals surface area contributed by atoms with E-state index in [9.17, 15) is 0 Å². The van der Waals surface area contributed by atoms with Crippen LogP contribution in [0.2, 0.25) is 0 Å². The Labute approximate surface area is 110 Å². The average molecular weight is 257 g/mol. The first-order chi connectivity index (χ1) is 9.33. The van der Waals surface area contributed by atoms with Gasteiger partial charge in [-0.3, -0.25) is 0 Å². The molecule has 4 rings (SSSR count). The minimum atomic E-state index is 0.239. The highest BCUT2D eigenvalue weighted by molar-refractivity contribution is 5.71. The molecule has 19 heavy (non-hydrogen) atoms. The van der Waals surface area contributed by atoms with Gasteiger partial charge in [0.05, 0.1) is 18.2 Å². The molecule has 2 N–H and O–H groups in total. The van der Waals surface area contributed by atoms with Crippen LogP contribution in [-0.2, 0) is 4.74 Å². The summed E-state index contributed by atoms with van der Waals surface area (Å²) in [6.45, 7) is 0. The molecule has 0 saturated carbocycles. The van der Waals surface area contributed by atoms with Crippen LogP contribution in [0.1, 0.15) is 25.3 Å². The number of ether oxygens (including phenoxy) is 1. The van der Waals surface area contributed by atoms with Gasteiger partial charge < -0.3 is 10.5 Å². The topological polar surface area (TPSA) is 78.9 Å². The quantitative estimate of drug-likeness (QED) is 0.823. The van der Waals surface area contributed by atoms with Crippen LogP contribution in [0.15, 0.2) is 24.3 Å². The summed E-state index contributed by atoms with van der Waals surface area (Å²) in [6, 6.07) is 7.91. The van der Waals surface area contributed by atoms with E-state index in [0.29, 0.717) is 11.8 Å². The van der Waals surface area contributed by atoms with Crippen LogP contribution in [0, 0.1) is 0 Å². The molecule has 98 valence electrons. The van der Waals surface area contributed by atoms with Crippen LogP contribution in [-0.4, -0.2) is 32.4 Å². The van der Waals surface area contributed by atoms with Crippen molar-refractivity contribution >= 4 is 5.69 Å². The van der Waals surface area contributed by atoms with Gasteiger partial charge in [-0.25, -0.2) is 4.68 Å². The second-order valence-electron chi connectivity index (χ2n) is 5.21. The van der Waals surface area contributed by atoms with Gasteiger partial charge in [-0.05, 0) is 41.8 Å². The Morgan fingerprint density at radius 2 is 2.16 bits per heavy atom. The number of nitrogens with zero attached hydrogens (tertiary/aromatic N) is 4. The number of nitrogens with two attached hydrogens (primary N) is 1. The van der Waals surface area contributed by atoms with Crippen molar-refractivity contribution in [2.45, 2.75) is 37.5 Å². The van der Waals surface area contributed by atoms with Crippen molar-refractivity contribution in [1.29, 1.82) is 0 Å². The molecule has 0 amide bonds. The van der Waals surface area contributed by atoms with Crippen molar-refractivity contribution < 1.29 is 4.74 Å². The third-order valence-electron chi connectivity index (χ3n) is 4.08. The molecule has 3 unspecified atom stereocenters. The number of rotatable bonds is 2. The molecule has 6 heteroatoms. The average Bonchev–Trinajstić information content (AvgIpc) is 3.14. The summed E-state index contributed by atoms with van der Waals surface area (Å²) in [6.07, 6.45) is 3.87. The summed E-state index contributed by atoms with van der Waals surface area (Å²) in [4.78, 5) is 0. The van der Waals surface area contributed by atoms with Gasteiger partial charge in [0.2, 0.25) is 0 Å². The lowest BCUT2D eigenvalue weighted by Crippen LogP contribution is -2.23. The first-order valence-electron chi connectivity index (χ1n) is 6.61. The Bertz CT molecular complexity index is 611. The molecule has 2 aliphatic rings. The smallest absolute Gasteiger partial charge is 0.184 e. The molecular weight excluding hydrogens is 242 g/mol. The Kier molecular flexibility index (Phi) is 2.32. The fraction of sp³-hybridized carbons (Fsp3) is 0.462. The fourth-order valence-corrected chi connectivity index (χ4v) is 3.16. The van der Waals surface area contributed by atoms with E-state index in [2.05, 4.69) is 15.5 Å². The minimum Gasteiger partial charge on any atom is -0.398 e. The molecule has 2 aromatic rings. The van der Waals surface area contributed by atoms with Gasteiger partial charge in [-0.15, -0.1) is 5.10 Å². The van der Waals surface area contributed by atoms with E-state index < -0.39 is 0 Å². The highest BCUT2D eigenvalue weighted by Crippen LogP contribution is 2.42. The van der Waals surface area contributed by atoms with Gasteiger partial charge in [0.25, 0.3) is 0 Å². The molecule has 0 aliphatic carbocycles. The largest absolute Gasteiger partial charge is 0.398 e. The van der Waals surface area contributed by atoms with Crippen LogP contribution in [0.3, 0.4) is 0 Å². The fourth-order valence-electron chi connectivity index (χ4n) is 3.16. The van der Waals surface area contributed by atoms with E-state index in [-0.39, 0.29) is 12.1 Å². The zero-order chi connectivity index (χ0) is 12.8. The number of benzene rings is 1. The normalized spacial score (nSPS) is 28.9. The maximum absolute atomic E-state index is 6.02. The molecule has 3 heterocycles. The molecule has 0 spiro atoms. The van der Waals surface area contributed by atoms with E-state index in [1.165, 1.54) is 0 Å². The number of hydrogen-bond acceptors (Lipinski definition) is 5. The standard InChI is InChI=1S/C13H15N5O/c14-10-4-2-1-3-9(10)13-15-16-17-18(13)11-7-8-5-6-12(11)19-8/h1-4,8,11-12H,5-7,14H2. The lowest BCUT2D eigenvalue weighted by molar-refractivity contribution is 0.0922. The lowest BCUT2D eigenvalue weighted by atomic mass is 9.95. The van der Waals surface area contributed by atoms with Crippen LogP contribution in [0.5, 0.6) is 0 Å². The lowest BCUT2D eigenvalue weighted by Gasteiger charge is -2.19. The van der Waals surface area contributed by atoms with E-state index in [1.807, 2.05) is 28.9 Å². The van der Waals surface area contributed by atoms with Gasteiger partial charge >= 0.3 is 0 Å². The van der Waals surface area contributed by atoms with E-state index in [1.54, 1.807) is 0 Å². The number of para-hydroxylation sites is 1. The molecule has 3 atom stereocenters. The Morgan fingerprint density at radius 1 is 1.26 bits per heavy atom. The van der Waals surface area contributed by atoms with Crippen molar-refractivity contribution in [2.75, 3.05) is 5.73 Å². The van der Waals surface area contributed by atoms with Crippen LogP contribution in [0.4, 0.5) is 5.69 Å². The van der Waals surface area contributed by atoms with Gasteiger partial charge in [0, 0.05) is 11.3 Å². The number of aromatic nitrogens is 4. The minimum absolute atomic E-state index is 0.239. The molecular formula is C13H15N5O. The molecule has 2 fully saturated rings. The predicted octanol–water partition coefficient (Wildman–Crippen LogP) is 1.41. The van der Waals surface area contributed by atoms with Gasteiger partial charge in [-0.2, -0.15) is 0 Å². The summed E-state index contributed by atoms with van der Waals surface area (Å²) >= 11 is 0. The highest BCUT2D eigenvalue weighted by atomic mass is 16.5. The van der Waals surface area contributed by atoms with Crippen molar-refractivity contribution in [2.24, 2.45) is 0 Å². The third kappa shape index (κ3) is 1.63. The van der Waals surface area contributed by atoms with Crippen molar-refractivity contribution in [3.05, 3.63) is 24.3 Å².